The van der Waals surface area contributed by atoms with Crippen molar-refractivity contribution in [2.45, 2.75) is 0 Å². The van der Waals surface area contributed by atoms with Gasteiger partial charge in [-0.3, -0.25) is 9.79 Å². The average Bonchev–Trinajstić information content (AvgIpc) is 2.34. The lowest BCUT2D eigenvalue weighted by Crippen LogP contribution is -1.95. The quantitative estimate of drug-likeness (QED) is 0.502. The predicted molar refractivity (Wildman–Crippen MR) is 74.5 cm³/mol. The van der Waals surface area contributed by atoms with E-state index in [-0.39, 0.29) is 11.5 Å². The summed E-state index contributed by atoms with van der Waals surface area (Å²) in [5.41, 5.74) is 12.1. The Morgan fingerprint density at radius 2 is 1.50 bits per heavy atom. The van der Waals surface area contributed by atoms with Crippen LogP contribution in [0.3, 0.4) is 0 Å². The van der Waals surface area contributed by atoms with Crippen molar-refractivity contribution in [3.8, 4) is 17.2 Å². The van der Waals surface area contributed by atoms with Gasteiger partial charge in [-0.25, -0.2) is 4.57 Å². The van der Waals surface area contributed by atoms with Crippen LogP contribution in [0.2, 0.25) is 0 Å². The molecule has 0 radical (unpaired) electrons. The summed E-state index contributed by atoms with van der Waals surface area (Å²) in [6.07, 6.45) is 0. The molecule has 20 heavy (non-hydrogen) atoms. The van der Waals surface area contributed by atoms with Crippen LogP contribution in [-0.4, -0.2) is 9.79 Å². The third-order valence-corrected chi connectivity index (χ3v) is 2.73. The topological polar surface area (TPSA) is 128 Å². The van der Waals surface area contributed by atoms with Crippen LogP contribution < -0.4 is 20.7 Å². The highest BCUT2D eigenvalue weighted by Gasteiger charge is 2.19. The van der Waals surface area contributed by atoms with E-state index >= 15 is 0 Å². The number of rotatable bonds is 4. The van der Waals surface area contributed by atoms with Gasteiger partial charge in [-0.1, -0.05) is 0 Å². The lowest BCUT2D eigenvalue weighted by atomic mass is 10.2. The summed E-state index contributed by atoms with van der Waals surface area (Å²) in [6, 6.07) is 10.7. The number of ether oxygens (including phenoxy) is 1. The monoisotopic (exact) mass is 296 g/mol. The van der Waals surface area contributed by atoms with E-state index in [1.165, 1.54) is 18.2 Å². The molecule has 106 valence electrons. The van der Waals surface area contributed by atoms with Crippen LogP contribution in [0.5, 0.6) is 17.2 Å². The van der Waals surface area contributed by atoms with Crippen LogP contribution in [-0.2, 0) is 4.57 Å². The fourth-order valence-electron chi connectivity index (χ4n) is 1.47. The molecule has 2 aromatic carbocycles. The second-order valence-corrected chi connectivity index (χ2v) is 5.12. The highest BCUT2D eigenvalue weighted by Crippen LogP contribution is 2.43. The number of nitrogen functional groups attached to an aromatic ring is 2. The third kappa shape index (κ3) is 3.89. The van der Waals surface area contributed by atoms with Gasteiger partial charge in [-0.2, -0.15) is 0 Å². The molecular weight excluding hydrogens is 283 g/mol. The Morgan fingerprint density at radius 1 is 0.900 bits per heavy atom. The van der Waals surface area contributed by atoms with Gasteiger partial charge in [-0.05, 0) is 36.4 Å². The van der Waals surface area contributed by atoms with Crippen molar-refractivity contribution in [1.29, 1.82) is 0 Å². The molecule has 0 aliphatic carbocycles. The molecule has 0 unspecified atom stereocenters. The first-order chi connectivity index (χ1) is 9.33. The fourth-order valence-corrected chi connectivity index (χ4v) is 1.88. The molecule has 0 saturated heterocycles. The summed E-state index contributed by atoms with van der Waals surface area (Å²) in [5, 5.41) is 0. The molecule has 2 aromatic rings. The second kappa shape index (κ2) is 5.42. The van der Waals surface area contributed by atoms with Gasteiger partial charge in [0.2, 0.25) is 0 Å². The molecule has 0 aliphatic heterocycles. The van der Waals surface area contributed by atoms with Crippen molar-refractivity contribution in [2.24, 2.45) is 0 Å². The molecule has 0 bridgehead atoms. The molecule has 2 rings (SSSR count). The third-order valence-electron chi connectivity index (χ3n) is 2.29. The van der Waals surface area contributed by atoms with E-state index in [0.717, 1.165) is 0 Å². The molecule has 7 nitrogen and oxygen atoms in total. The minimum absolute atomic E-state index is 0.0955. The molecule has 8 heteroatoms. The Hall–Kier alpha value is -2.21. The largest absolute Gasteiger partial charge is 0.524 e. The smallest absolute Gasteiger partial charge is 0.453 e. The van der Waals surface area contributed by atoms with Gasteiger partial charge in [-0.15, -0.1) is 0 Å². The lowest BCUT2D eigenvalue weighted by Gasteiger charge is -2.13. The van der Waals surface area contributed by atoms with Gasteiger partial charge in [0, 0.05) is 17.4 Å². The number of hydrogen-bond acceptors (Lipinski definition) is 5. The van der Waals surface area contributed by atoms with E-state index in [1.807, 2.05) is 0 Å². The normalized spacial score (nSPS) is 11.1. The zero-order valence-corrected chi connectivity index (χ0v) is 11.2. The summed E-state index contributed by atoms with van der Waals surface area (Å²) in [7, 11) is -4.68. The number of phosphoric ester groups is 1. The standard InChI is InChI=1S/C12H13N2O5P/c13-8-1-4-10(5-2-8)18-12-7-9(14)3-6-11(12)19-20(15,16)17/h1-7H,13-14H2,(H2,15,16,17). The Labute approximate surface area is 115 Å². The molecule has 0 heterocycles. The summed E-state index contributed by atoms with van der Waals surface area (Å²) in [6.45, 7) is 0. The molecule has 0 aromatic heterocycles. The Kier molecular flexibility index (Phi) is 3.85. The van der Waals surface area contributed by atoms with Crippen LogP contribution in [0.25, 0.3) is 0 Å². The Morgan fingerprint density at radius 3 is 2.10 bits per heavy atom. The van der Waals surface area contributed by atoms with Gasteiger partial charge in [0.1, 0.15) is 5.75 Å². The van der Waals surface area contributed by atoms with Crippen molar-refractivity contribution >= 4 is 19.2 Å². The van der Waals surface area contributed by atoms with Crippen LogP contribution in [0.1, 0.15) is 0 Å². The van der Waals surface area contributed by atoms with Crippen molar-refractivity contribution in [3.63, 3.8) is 0 Å². The first-order valence-corrected chi connectivity index (χ1v) is 7.04. The zero-order chi connectivity index (χ0) is 14.8. The van der Waals surface area contributed by atoms with Crippen LogP contribution in [0.15, 0.2) is 42.5 Å². The van der Waals surface area contributed by atoms with E-state index < -0.39 is 7.82 Å². The number of anilines is 2. The van der Waals surface area contributed by atoms with Crippen LogP contribution >= 0.6 is 7.82 Å². The number of hydrogen-bond donors (Lipinski definition) is 4. The SMILES string of the molecule is Nc1ccc(Oc2cc(N)ccc2OP(=O)(O)O)cc1. The summed E-state index contributed by atoms with van der Waals surface area (Å²) in [5.74, 6) is 0.419. The lowest BCUT2D eigenvalue weighted by molar-refractivity contribution is 0.279. The van der Waals surface area contributed by atoms with E-state index in [2.05, 4.69) is 4.52 Å². The van der Waals surface area contributed by atoms with Crippen molar-refractivity contribution < 1.29 is 23.6 Å². The van der Waals surface area contributed by atoms with Gasteiger partial charge in [0.25, 0.3) is 0 Å². The van der Waals surface area contributed by atoms with E-state index in [9.17, 15) is 4.57 Å². The molecule has 0 spiro atoms. The van der Waals surface area contributed by atoms with Crippen molar-refractivity contribution in [1.82, 2.24) is 0 Å². The molecule has 0 aliphatic rings. The number of nitrogens with two attached hydrogens (primary N) is 2. The zero-order valence-electron chi connectivity index (χ0n) is 10.3. The van der Waals surface area contributed by atoms with Crippen molar-refractivity contribution in [3.05, 3.63) is 42.5 Å². The fraction of sp³-hybridized carbons (Fsp3) is 0. The second-order valence-electron chi connectivity index (χ2n) is 3.96. The molecule has 0 fully saturated rings. The van der Waals surface area contributed by atoms with Gasteiger partial charge >= 0.3 is 7.82 Å². The maximum Gasteiger partial charge on any atom is 0.524 e. The first kappa shape index (κ1) is 14.2. The van der Waals surface area contributed by atoms with Crippen LogP contribution in [0.4, 0.5) is 11.4 Å². The van der Waals surface area contributed by atoms with Crippen molar-refractivity contribution in [2.75, 3.05) is 11.5 Å². The molecular formula is C12H13N2O5P. The molecule has 0 amide bonds. The molecule has 0 atom stereocenters. The van der Waals surface area contributed by atoms with E-state index in [1.54, 1.807) is 24.3 Å². The Balaban J connectivity index is 2.32. The summed E-state index contributed by atoms with van der Waals surface area (Å²) >= 11 is 0. The van der Waals surface area contributed by atoms with Crippen LogP contribution in [0, 0.1) is 0 Å². The predicted octanol–water partition coefficient (Wildman–Crippen LogP) is 2.11. The van der Waals surface area contributed by atoms with Gasteiger partial charge in [0.15, 0.2) is 11.5 Å². The van der Waals surface area contributed by atoms with E-state index in [4.69, 9.17) is 26.0 Å². The summed E-state index contributed by atoms with van der Waals surface area (Å²) < 4.78 is 20.9. The number of phosphoric acid groups is 1. The summed E-state index contributed by atoms with van der Waals surface area (Å²) in [4.78, 5) is 17.7. The molecule has 6 N–H and O–H groups in total. The highest BCUT2D eigenvalue weighted by molar-refractivity contribution is 7.46. The maximum absolute atomic E-state index is 10.9. The van der Waals surface area contributed by atoms with Gasteiger partial charge < -0.3 is 20.7 Å². The van der Waals surface area contributed by atoms with Gasteiger partial charge in [0.05, 0.1) is 0 Å². The average molecular weight is 296 g/mol. The first-order valence-electron chi connectivity index (χ1n) is 5.51. The maximum atomic E-state index is 10.9. The minimum atomic E-state index is -4.68. The highest BCUT2D eigenvalue weighted by atomic mass is 31.2. The van der Waals surface area contributed by atoms with E-state index in [0.29, 0.717) is 17.1 Å². The molecule has 0 saturated carbocycles. The number of benzene rings is 2. The Bertz CT molecular complexity index is 653. The minimum Gasteiger partial charge on any atom is -0.453 e.